The second-order valence-electron chi connectivity index (χ2n) is 11.1. The third-order valence-electron chi connectivity index (χ3n) is 7.18. The molecule has 40 heavy (non-hydrogen) atoms. The minimum atomic E-state index is -1.05. The molecule has 4 rings (SSSR count). The molecule has 10 heteroatoms. The number of benzene rings is 2. The lowest BCUT2D eigenvalue weighted by molar-refractivity contribution is -0.139. The number of rotatable bonds is 10. The molecule has 212 valence electrons. The number of amides is 3. The molecule has 0 aliphatic carbocycles. The fraction of sp³-hybridized carbons (Fsp3) is 0.433. The second kappa shape index (κ2) is 12.3. The van der Waals surface area contributed by atoms with Crippen molar-refractivity contribution in [3.8, 4) is 0 Å². The van der Waals surface area contributed by atoms with Gasteiger partial charge in [0, 0.05) is 18.4 Å². The molecule has 0 saturated carbocycles. The van der Waals surface area contributed by atoms with Gasteiger partial charge in [-0.15, -0.1) is 0 Å². The Bertz CT molecular complexity index is 1370. The zero-order valence-corrected chi connectivity index (χ0v) is 23.4. The van der Waals surface area contributed by atoms with Gasteiger partial charge in [-0.3, -0.25) is 19.5 Å². The summed E-state index contributed by atoms with van der Waals surface area (Å²) in [5.41, 5.74) is 1.54. The average Bonchev–Trinajstić information content (AvgIpc) is 3.50. The molecule has 0 radical (unpaired) electrons. The number of aromatic amines is 1. The van der Waals surface area contributed by atoms with Gasteiger partial charge in [0.05, 0.1) is 11.6 Å². The minimum Gasteiger partial charge on any atom is -0.425 e. The van der Waals surface area contributed by atoms with Crippen LogP contribution in [0.1, 0.15) is 75.5 Å². The molecule has 0 bridgehead atoms. The van der Waals surface area contributed by atoms with E-state index in [1.54, 1.807) is 6.92 Å². The molecule has 1 aliphatic rings. The van der Waals surface area contributed by atoms with Crippen molar-refractivity contribution in [1.82, 2.24) is 25.7 Å². The lowest BCUT2D eigenvalue weighted by Gasteiger charge is -2.25. The van der Waals surface area contributed by atoms with E-state index in [9.17, 15) is 19.2 Å². The largest absolute Gasteiger partial charge is 0.425 e. The van der Waals surface area contributed by atoms with Gasteiger partial charge in [-0.2, -0.15) is 5.10 Å². The molecule has 3 aromatic rings. The molecule has 3 N–H and O–H groups in total. The number of Topliss-reactive ketones (excluding diaryl/α,β-unsaturated/α-hetero) is 1. The third-order valence-corrected chi connectivity index (χ3v) is 7.18. The first-order valence-corrected chi connectivity index (χ1v) is 13.7. The van der Waals surface area contributed by atoms with Gasteiger partial charge >= 0.3 is 6.09 Å². The quantitative estimate of drug-likeness (QED) is 0.320. The maximum Gasteiger partial charge on any atom is 0.409 e. The molecule has 3 atom stereocenters. The van der Waals surface area contributed by atoms with Gasteiger partial charge in [-0.05, 0) is 30.4 Å². The molecule has 2 heterocycles. The van der Waals surface area contributed by atoms with Crippen molar-refractivity contribution in [2.45, 2.75) is 71.7 Å². The van der Waals surface area contributed by atoms with Crippen LogP contribution in [-0.4, -0.2) is 57.6 Å². The van der Waals surface area contributed by atoms with E-state index in [0.29, 0.717) is 24.8 Å². The Morgan fingerprint density at radius 2 is 1.77 bits per heavy atom. The zero-order valence-electron chi connectivity index (χ0n) is 23.4. The van der Waals surface area contributed by atoms with Crippen LogP contribution in [0.2, 0.25) is 0 Å². The Morgan fingerprint density at radius 1 is 1.07 bits per heavy atom. The SMILES string of the molecule is CCCC[C@H](NC(=O)OC1CC(C)(C)CN1C(=O)c1n[nH]c2ccccc12)C(=O)C(=O)N[C@H](C)c1ccccc1. The molecule has 3 amide bonds. The summed E-state index contributed by atoms with van der Waals surface area (Å²) in [5.74, 6) is -1.87. The summed E-state index contributed by atoms with van der Waals surface area (Å²) in [6.07, 6.45) is 0.398. The Morgan fingerprint density at radius 3 is 2.50 bits per heavy atom. The van der Waals surface area contributed by atoms with Gasteiger partial charge < -0.3 is 20.3 Å². The van der Waals surface area contributed by atoms with E-state index in [2.05, 4.69) is 20.8 Å². The number of para-hydroxylation sites is 1. The smallest absolute Gasteiger partial charge is 0.409 e. The van der Waals surface area contributed by atoms with Gasteiger partial charge in [0.15, 0.2) is 11.9 Å². The van der Waals surface area contributed by atoms with Crippen LogP contribution >= 0.6 is 0 Å². The van der Waals surface area contributed by atoms with Crippen molar-refractivity contribution in [2.75, 3.05) is 6.54 Å². The predicted molar refractivity (Wildman–Crippen MR) is 150 cm³/mol. The predicted octanol–water partition coefficient (Wildman–Crippen LogP) is 4.49. The Labute approximate surface area is 233 Å². The number of H-pyrrole nitrogens is 1. The monoisotopic (exact) mass is 547 g/mol. The van der Waals surface area contributed by atoms with Crippen LogP contribution in [-0.2, 0) is 14.3 Å². The molecular formula is C30H37N5O5. The highest BCUT2D eigenvalue weighted by Gasteiger charge is 2.44. The highest BCUT2D eigenvalue weighted by atomic mass is 16.6. The Hall–Kier alpha value is -4.21. The number of nitrogens with zero attached hydrogens (tertiary/aromatic N) is 2. The fourth-order valence-corrected chi connectivity index (χ4v) is 5.01. The molecule has 1 unspecified atom stereocenters. The van der Waals surface area contributed by atoms with Crippen LogP contribution < -0.4 is 10.6 Å². The summed E-state index contributed by atoms with van der Waals surface area (Å²) in [5, 5.41) is 13.1. The van der Waals surface area contributed by atoms with Gasteiger partial charge in [0.25, 0.3) is 11.8 Å². The van der Waals surface area contributed by atoms with Gasteiger partial charge in [-0.1, -0.05) is 82.1 Å². The lowest BCUT2D eigenvalue weighted by atomic mass is 9.93. The van der Waals surface area contributed by atoms with E-state index in [4.69, 9.17) is 4.74 Å². The molecule has 1 saturated heterocycles. The topological polar surface area (TPSA) is 133 Å². The van der Waals surface area contributed by atoms with Crippen molar-refractivity contribution >= 4 is 34.6 Å². The van der Waals surface area contributed by atoms with Gasteiger partial charge in [0.1, 0.15) is 6.04 Å². The first-order valence-electron chi connectivity index (χ1n) is 13.7. The highest BCUT2D eigenvalue weighted by Crippen LogP contribution is 2.36. The molecule has 1 fully saturated rings. The van der Waals surface area contributed by atoms with E-state index in [0.717, 1.165) is 17.5 Å². The van der Waals surface area contributed by atoms with Crippen LogP contribution in [0, 0.1) is 5.41 Å². The van der Waals surface area contributed by atoms with Crippen molar-refractivity contribution in [3.05, 3.63) is 65.9 Å². The van der Waals surface area contributed by atoms with Crippen LogP contribution in [0.25, 0.3) is 10.9 Å². The number of nitrogens with one attached hydrogen (secondary N) is 3. The first kappa shape index (κ1) is 28.8. The summed E-state index contributed by atoms with van der Waals surface area (Å²) in [6.45, 7) is 8.09. The number of likely N-dealkylation sites (tertiary alicyclic amines) is 1. The number of hydrogen-bond acceptors (Lipinski definition) is 6. The number of ketones is 1. The number of hydrogen-bond donors (Lipinski definition) is 3. The van der Waals surface area contributed by atoms with Crippen molar-refractivity contribution in [3.63, 3.8) is 0 Å². The normalized spacial score (nSPS) is 17.7. The number of alkyl carbamates (subject to hydrolysis) is 1. The maximum atomic E-state index is 13.5. The second-order valence-corrected chi connectivity index (χ2v) is 11.1. The number of ether oxygens (including phenoxy) is 1. The number of fused-ring (bicyclic) bond motifs is 1. The van der Waals surface area contributed by atoms with Crippen molar-refractivity contribution < 1.29 is 23.9 Å². The highest BCUT2D eigenvalue weighted by molar-refractivity contribution is 6.38. The molecule has 2 aromatic carbocycles. The molecular weight excluding hydrogens is 510 g/mol. The van der Waals surface area contributed by atoms with Crippen LogP contribution in [0.5, 0.6) is 0 Å². The summed E-state index contributed by atoms with van der Waals surface area (Å²) in [7, 11) is 0. The fourth-order valence-electron chi connectivity index (χ4n) is 5.01. The standard InChI is InChI=1S/C30H37N5O5/c1-5-6-15-23(26(36)27(37)31-19(2)20-12-8-7-9-13-20)32-29(39)40-24-17-30(3,4)18-35(24)28(38)25-21-14-10-11-16-22(21)33-34-25/h7-14,16,19,23-24H,5-6,15,17-18H2,1-4H3,(H,31,37)(H,32,39)(H,33,34)/t19-,23+,24?/m1/s1. The minimum absolute atomic E-state index is 0.252. The van der Waals surface area contributed by atoms with E-state index < -0.39 is 30.1 Å². The Kier molecular flexibility index (Phi) is 8.86. The number of aromatic nitrogens is 2. The van der Waals surface area contributed by atoms with Crippen LogP contribution in [0.3, 0.4) is 0 Å². The zero-order chi connectivity index (χ0) is 28.9. The van der Waals surface area contributed by atoms with Crippen LogP contribution in [0.15, 0.2) is 54.6 Å². The molecule has 1 aliphatic heterocycles. The molecule has 1 aromatic heterocycles. The van der Waals surface area contributed by atoms with E-state index >= 15 is 0 Å². The van der Waals surface area contributed by atoms with E-state index in [-0.39, 0.29) is 29.5 Å². The van der Waals surface area contributed by atoms with E-state index in [1.165, 1.54) is 4.90 Å². The maximum absolute atomic E-state index is 13.5. The third kappa shape index (κ3) is 6.67. The lowest BCUT2D eigenvalue weighted by Crippen LogP contribution is -2.49. The average molecular weight is 548 g/mol. The summed E-state index contributed by atoms with van der Waals surface area (Å²) in [6, 6.07) is 15.2. The summed E-state index contributed by atoms with van der Waals surface area (Å²) < 4.78 is 5.71. The number of carbonyl (C=O) groups is 4. The van der Waals surface area contributed by atoms with Gasteiger partial charge in [-0.25, -0.2) is 4.79 Å². The summed E-state index contributed by atoms with van der Waals surface area (Å²) in [4.78, 5) is 53.9. The van der Waals surface area contributed by atoms with Gasteiger partial charge in [0.2, 0.25) is 5.78 Å². The van der Waals surface area contributed by atoms with Crippen molar-refractivity contribution in [1.29, 1.82) is 0 Å². The van der Waals surface area contributed by atoms with Crippen LogP contribution in [0.4, 0.5) is 4.79 Å². The molecule has 10 nitrogen and oxygen atoms in total. The number of unbranched alkanes of at least 4 members (excludes halogenated alkanes) is 1. The first-order chi connectivity index (χ1) is 19.1. The van der Waals surface area contributed by atoms with E-state index in [1.807, 2.05) is 75.4 Å². The Balaban J connectivity index is 1.44. The summed E-state index contributed by atoms with van der Waals surface area (Å²) >= 11 is 0. The molecule has 0 spiro atoms. The van der Waals surface area contributed by atoms with Crippen molar-refractivity contribution in [2.24, 2.45) is 5.41 Å². The number of carbonyl (C=O) groups excluding carboxylic acids is 4.